The Hall–Kier alpha value is -2.46. The number of hydrogen-bond acceptors (Lipinski definition) is 5. The molecule has 10 heteroatoms. The van der Waals surface area contributed by atoms with Crippen molar-refractivity contribution in [2.45, 2.75) is 57.3 Å². The highest BCUT2D eigenvalue weighted by molar-refractivity contribution is 9.10. The zero-order valence-corrected chi connectivity index (χ0v) is 20.1. The molecule has 0 spiro atoms. The van der Waals surface area contributed by atoms with Crippen molar-refractivity contribution >= 4 is 28.0 Å². The quantitative estimate of drug-likeness (QED) is 0.616. The third-order valence-corrected chi connectivity index (χ3v) is 7.30. The van der Waals surface area contributed by atoms with Crippen LogP contribution in [0.1, 0.15) is 73.4 Å². The molecule has 1 aliphatic carbocycles. The molecule has 176 valence electrons. The van der Waals surface area contributed by atoms with Crippen molar-refractivity contribution in [3.8, 4) is 11.4 Å². The van der Waals surface area contributed by atoms with Crippen LogP contribution in [0.5, 0.6) is 0 Å². The van der Waals surface area contributed by atoms with Gasteiger partial charge >= 0.3 is 12.1 Å². The normalized spacial score (nSPS) is 22.4. The molecule has 8 nitrogen and oxygen atoms in total. The van der Waals surface area contributed by atoms with Gasteiger partial charge in [-0.15, -0.1) is 0 Å². The number of rotatable bonds is 3. The minimum absolute atomic E-state index is 0.0217. The summed E-state index contributed by atoms with van der Waals surface area (Å²) in [5.41, 5.74) is 0.918. The highest BCUT2D eigenvalue weighted by Crippen LogP contribution is 2.54. The molecule has 3 aliphatic heterocycles. The maximum absolute atomic E-state index is 14.3. The number of ether oxygens (including phenoxy) is 1. The molecule has 1 saturated heterocycles. The first-order chi connectivity index (χ1) is 15.4. The Morgan fingerprint density at radius 1 is 1.27 bits per heavy atom. The van der Waals surface area contributed by atoms with E-state index in [9.17, 15) is 24.2 Å². The Bertz CT molecular complexity index is 1160. The number of amides is 1. The maximum Gasteiger partial charge on any atom is 0.410 e. The van der Waals surface area contributed by atoms with E-state index >= 15 is 0 Å². The monoisotopic (exact) mass is 521 g/mol. The van der Waals surface area contributed by atoms with Crippen LogP contribution >= 0.6 is 15.9 Å². The molecule has 1 unspecified atom stereocenters. The number of benzene rings is 1. The van der Waals surface area contributed by atoms with Gasteiger partial charge in [0.2, 0.25) is 0 Å². The molecule has 0 radical (unpaired) electrons. The fourth-order valence-electron chi connectivity index (χ4n) is 5.00. The minimum Gasteiger partial charge on any atom is -0.476 e. The van der Waals surface area contributed by atoms with Crippen LogP contribution in [0, 0.1) is 11.7 Å². The standard InChI is InChI=1S/C23H25BrFN3O5/c1-23(2,3)33-22(32)27-8-11(9-27)19(29)18-17(21(30)31)26-20-14-6-15(24)16(25)7-13(14)10-4-12(5-10)28(18)20/h6-7,10-12,19,29H,4-5,8-9H2,1-3H3,(H,30,31). The number of carboxylic acid groups (broad SMARTS) is 1. The van der Waals surface area contributed by atoms with Gasteiger partial charge in [-0.05, 0) is 73.2 Å². The van der Waals surface area contributed by atoms with E-state index in [4.69, 9.17) is 4.74 Å². The summed E-state index contributed by atoms with van der Waals surface area (Å²) in [5.74, 6) is -1.33. The number of carbonyl (C=O) groups excluding carboxylic acids is 1. The summed E-state index contributed by atoms with van der Waals surface area (Å²) < 4.78 is 21.7. The lowest BCUT2D eigenvalue weighted by molar-refractivity contribution is -0.0342. The Morgan fingerprint density at radius 2 is 1.94 bits per heavy atom. The molecule has 1 amide bonds. The Balaban J connectivity index is 1.50. The third kappa shape index (κ3) is 3.63. The van der Waals surface area contributed by atoms with Crippen molar-refractivity contribution < 1.29 is 28.9 Å². The number of aliphatic hydroxyl groups excluding tert-OH is 1. The molecule has 2 bridgehead atoms. The number of likely N-dealkylation sites (tertiary alicyclic amines) is 1. The predicted octanol–water partition coefficient (Wildman–Crippen LogP) is 4.48. The number of carbonyl (C=O) groups is 2. The van der Waals surface area contributed by atoms with E-state index in [1.165, 1.54) is 11.0 Å². The van der Waals surface area contributed by atoms with Crippen molar-refractivity contribution in [1.29, 1.82) is 0 Å². The average molecular weight is 522 g/mol. The van der Waals surface area contributed by atoms with E-state index < -0.39 is 23.8 Å². The van der Waals surface area contributed by atoms with Gasteiger partial charge in [0.25, 0.3) is 0 Å². The molecular weight excluding hydrogens is 497 g/mol. The minimum atomic E-state index is -1.23. The smallest absolute Gasteiger partial charge is 0.410 e. The number of nitrogens with zero attached hydrogens (tertiary/aromatic N) is 3. The molecule has 2 N–H and O–H groups in total. The second-order valence-electron chi connectivity index (χ2n) is 10.1. The zero-order chi connectivity index (χ0) is 23.8. The number of aromatic nitrogens is 2. The molecular formula is C23H25BrFN3O5. The first-order valence-corrected chi connectivity index (χ1v) is 11.7. The van der Waals surface area contributed by atoms with Crippen LogP contribution < -0.4 is 0 Å². The van der Waals surface area contributed by atoms with Gasteiger partial charge < -0.3 is 24.4 Å². The molecule has 1 aromatic heterocycles. The van der Waals surface area contributed by atoms with Crippen molar-refractivity contribution in [3.05, 3.63) is 39.4 Å². The average Bonchev–Trinajstić information content (AvgIpc) is 2.90. The van der Waals surface area contributed by atoms with Crippen LogP contribution in [0.3, 0.4) is 0 Å². The Labute approximate surface area is 198 Å². The number of imidazole rings is 1. The van der Waals surface area contributed by atoms with Crippen molar-refractivity contribution in [2.24, 2.45) is 5.92 Å². The zero-order valence-electron chi connectivity index (χ0n) is 18.5. The van der Waals surface area contributed by atoms with Gasteiger partial charge in [0.05, 0.1) is 10.2 Å². The number of hydrogen-bond donors (Lipinski definition) is 2. The van der Waals surface area contributed by atoms with Gasteiger partial charge in [0.15, 0.2) is 5.69 Å². The summed E-state index contributed by atoms with van der Waals surface area (Å²) in [4.78, 5) is 30.3. The molecule has 2 fully saturated rings. The highest BCUT2D eigenvalue weighted by atomic mass is 79.9. The van der Waals surface area contributed by atoms with Crippen LogP contribution in [0.25, 0.3) is 11.4 Å². The number of aromatic carboxylic acids is 1. The lowest BCUT2D eigenvalue weighted by Gasteiger charge is -2.43. The predicted molar refractivity (Wildman–Crippen MR) is 120 cm³/mol. The van der Waals surface area contributed by atoms with E-state index in [1.54, 1.807) is 26.8 Å². The van der Waals surface area contributed by atoms with E-state index in [0.29, 0.717) is 11.4 Å². The van der Waals surface area contributed by atoms with E-state index in [2.05, 4.69) is 20.9 Å². The Kier molecular flexibility index (Phi) is 5.09. The van der Waals surface area contributed by atoms with Crippen LogP contribution in [-0.2, 0) is 4.74 Å². The summed E-state index contributed by atoms with van der Waals surface area (Å²) >= 11 is 3.23. The van der Waals surface area contributed by atoms with Gasteiger partial charge in [-0.1, -0.05) is 0 Å². The van der Waals surface area contributed by atoms with Gasteiger partial charge in [0, 0.05) is 30.6 Å². The highest BCUT2D eigenvalue weighted by Gasteiger charge is 2.46. The second kappa shape index (κ2) is 7.53. The molecule has 33 heavy (non-hydrogen) atoms. The first-order valence-electron chi connectivity index (χ1n) is 10.9. The number of halogens is 2. The molecule has 6 rings (SSSR count). The summed E-state index contributed by atoms with van der Waals surface area (Å²) in [6, 6.07) is 3.11. The summed E-state index contributed by atoms with van der Waals surface area (Å²) in [7, 11) is 0. The molecule has 4 heterocycles. The van der Waals surface area contributed by atoms with E-state index in [-0.39, 0.29) is 52.6 Å². The number of carboxylic acids is 1. The van der Waals surface area contributed by atoms with Gasteiger partial charge in [0.1, 0.15) is 23.3 Å². The largest absolute Gasteiger partial charge is 0.476 e. The van der Waals surface area contributed by atoms with Crippen LogP contribution in [0.2, 0.25) is 0 Å². The molecule has 4 aliphatic rings. The van der Waals surface area contributed by atoms with Crippen molar-refractivity contribution in [2.75, 3.05) is 13.1 Å². The Morgan fingerprint density at radius 3 is 2.55 bits per heavy atom. The van der Waals surface area contributed by atoms with Crippen molar-refractivity contribution in [1.82, 2.24) is 14.5 Å². The van der Waals surface area contributed by atoms with E-state index in [0.717, 1.165) is 18.4 Å². The van der Waals surface area contributed by atoms with Crippen LogP contribution in [0.15, 0.2) is 16.6 Å². The van der Waals surface area contributed by atoms with Gasteiger partial charge in [-0.2, -0.15) is 0 Å². The topological polar surface area (TPSA) is 105 Å². The third-order valence-electron chi connectivity index (χ3n) is 6.69. The summed E-state index contributed by atoms with van der Waals surface area (Å²) in [5, 5.41) is 21.1. The second-order valence-corrected chi connectivity index (χ2v) is 11.0. The summed E-state index contributed by atoms with van der Waals surface area (Å²) in [6.07, 6.45) is -0.116. The van der Waals surface area contributed by atoms with Crippen LogP contribution in [-0.4, -0.2) is 55.4 Å². The van der Waals surface area contributed by atoms with Crippen molar-refractivity contribution in [3.63, 3.8) is 0 Å². The van der Waals surface area contributed by atoms with Gasteiger partial charge in [-0.25, -0.2) is 19.0 Å². The SMILES string of the molecule is CC(C)(C)OC(=O)N1CC(C(O)c2c(C(=O)O)nc3n2C2CC(C2)c2cc(F)c(Br)cc2-3)C1. The van der Waals surface area contributed by atoms with Gasteiger partial charge in [-0.3, -0.25) is 0 Å². The number of aliphatic hydroxyl groups is 1. The molecule has 1 aromatic carbocycles. The fraction of sp³-hybridized carbons (Fsp3) is 0.522. The lowest BCUT2D eigenvalue weighted by atomic mass is 9.75. The summed E-state index contributed by atoms with van der Waals surface area (Å²) in [6.45, 7) is 5.87. The molecule has 2 aromatic rings. The van der Waals surface area contributed by atoms with Crippen LogP contribution in [0.4, 0.5) is 9.18 Å². The molecule has 1 atom stereocenters. The molecule has 1 saturated carbocycles. The van der Waals surface area contributed by atoms with E-state index in [1.807, 2.05) is 4.57 Å². The first kappa shape index (κ1) is 22.3. The lowest BCUT2D eigenvalue weighted by Crippen LogP contribution is -2.53. The fourth-order valence-corrected chi connectivity index (χ4v) is 5.35. The maximum atomic E-state index is 14.3.